The minimum Gasteiger partial charge on any atom is -0.486 e. The third kappa shape index (κ3) is 2.77. The van der Waals surface area contributed by atoms with Gasteiger partial charge in [-0.25, -0.2) is 4.98 Å². The van der Waals surface area contributed by atoms with Gasteiger partial charge in [-0.1, -0.05) is 12.1 Å². The maximum absolute atomic E-state index is 5.89. The molecule has 2 heterocycles. The zero-order valence-electron chi connectivity index (χ0n) is 11.6. The van der Waals surface area contributed by atoms with E-state index in [2.05, 4.69) is 21.8 Å². The summed E-state index contributed by atoms with van der Waals surface area (Å²) in [6.07, 6.45) is 3.86. The summed E-state index contributed by atoms with van der Waals surface area (Å²) < 4.78 is 13.7. The van der Waals surface area contributed by atoms with E-state index in [4.69, 9.17) is 9.47 Å². The Morgan fingerprint density at radius 3 is 3.05 bits per heavy atom. The maximum atomic E-state index is 5.89. The Labute approximate surface area is 118 Å². The first-order valence-corrected chi connectivity index (χ1v) is 6.96. The van der Waals surface area contributed by atoms with Crippen molar-refractivity contribution in [1.29, 1.82) is 0 Å². The molecule has 1 atom stereocenters. The molecule has 0 aliphatic carbocycles. The number of benzene rings is 1. The first-order valence-electron chi connectivity index (χ1n) is 6.96. The van der Waals surface area contributed by atoms with Crippen LogP contribution in [0.25, 0.3) is 0 Å². The fraction of sp³-hybridized carbons (Fsp3) is 0.400. The highest BCUT2D eigenvalue weighted by atomic mass is 16.6. The number of aromatic nitrogens is 2. The van der Waals surface area contributed by atoms with E-state index in [0.717, 1.165) is 37.0 Å². The van der Waals surface area contributed by atoms with Crippen molar-refractivity contribution in [3.63, 3.8) is 0 Å². The van der Waals surface area contributed by atoms with Crippen molar-refractivity contribution in [2.45, 2.75) is 26.1 Å². The van der Waals surface area contributed by atoms with E-state index < -0.39 is 0 Å². The number of hydrogen-bond donors (Lipinski definition) is 1. The quantitative estimate of drug-likeness (QED) is 0.903. The van der Waals surface area contributed by atoms with Crippen LogP contribution in [0.5, 0.6) is 11.5 Å². The van der Waals surface area contributed by atoms with Crippen LogP contribution in [0.2, 0.25) is 0 Å². The highest BCUT2D eigenvalue weighted by molar-refractivity contribution is 5.40. The molecule has 0 spiro atoms. The summed E-state index contributed by atoms with van der Waals surface area (Å²) >= 11 is 0. The van der Waals surface area contributed by atoms with E-state index >= 15 is 0 Å². The van der Waals surface area contributed by atoms with Crippen LogP contribution >= 0.6 is 0 Å². The van der Waals surface area contributed by atoms with E-state index in [1.807, 2.05) is 36.7 Å². The summed E-state index contributed by atoms with van der Waals surface area (Å²) in [5, 5.41) is 3.37. The first-order chi connectivity index (χ1) is 9.86. The Kier molecular flexibility index (Phi) is 3.87. The van der Waals surface area contributed by atoms with Gasteiger partial charge in [0.15, 0.2) is 11.5 Å². The predicted molar refractivity (Wildman–Crippen MR) is 76.0 cm³/mol. The third-order valence-electron chi connectivity index (χ3n) is 3.37. The van der Waals surface area contributed by atoms with Crippen LogP contribution in [0, 0.1) is 0 Å². The van der Waals surface area contributed by atoms with Gasteiger partial charge in [-0.05, 0) is 19.1 Å². The third-order valence-corrected chi connectivity index (χ3v) is 3.37. The van der Waals surface area contributed by atoms with Gasteiger partial charge in [0, 0.05) is 25.5 Å². The van der Waals surface area contributed by atoms with Crippen LogP contribution in [0.3, 0.4) is 0 Å². The van der Waals surface area contributed by atoms with Gasteiger partial charge >= 0.3 is 0 Å². The molecule has 5 nitrogen and oxygen atoms in total. The molecule has 0 radical (unpaired) electrons. The van der Waals surface area contributed by atoms with Crippen LogP contribution in [0.1, 0.15) is 12.7 Å². The Balaban J connectivity index is 1.51. The molecule has 0 saturated carbocycles. The SMILES string of the molecule is CCn1ccnc1CNC[C@H]1COc2ccccc2O1. The van der Waals surface area contributed by atoms with E-state index in [-0.39, 0.29) is 6.10 Å². The van der Waals surface area contributed by atoms with Crippen LogP contribution < -0.4 is 14.8 Å². The molecule has 2 aromatic rings. The monoisotopic (exact) mass is 273 g/mol. The van der Waals surface area contributed by atoms with Gasteiger partial charge in [0.1, 0.15) is 18.5 Å². The standard InChI is InChI=1S/C15H19N3O2/c1-2-18-8-7-17-15(18)10-16-9-12-11-19-13-5-3-4-6-14(13)20-12/h3-8,12,16H,2,9-11H2,1H3/t12-/m0/s1. The van der Waals surface area contributed by atoms with Crippen LogP contribution in [-0.2, 0) is 13.1 Å². The molecule has 0 bridgehead atoms. The summed E-state index contributed by atoms with van der Waals surface area (Å²) in [5.74, 6) is 2.69. The average Bonchev–Trinajstić information content (AvgIpc) is 2.95. The number of nitrogens with zero attached hydrogens (tertiary/aromatic N) is 2. The number of ether oxygens (including phenoxy) is 2. The summed E-state index contributed by atoms with van der Waals surface area (Å²) in [6, 6.07) is 7.77. The van der Waals surface area contributed by atoms with Crippen molar-refractivity contribution in [3.8, 4) is 11.5 Å². The number of nitrogens with one attached hydrogen (secondary N) is 1. The fourth-order valence-corrected chi connectivity index (χ4v) is 2.30. The summed E-state index contributed by atoms with van der Waals surface area (Å²) in [5.41, 5.74) is 0. The van der Waals surface area contributed by atoms with E-state index in [9.17, 15) is 0 Å². The average molecular weight is 273 g/mol. The molecule has 1 aromatic carbocycles. The topological polar surface area (TPSA) is 48.3 Å². The Morgan fingerprint density at radius 1 is 1.35 bits per heavy atom. The van der Waals surface area contributed by atoms with Crippen molar-refractivity contribution in [2.75, 3.05) is 13.2 Å². The molecule has 1 aliphatic rings. The lowest BCUT2D eigenvalue weighted by Gasteiger charge is -2.26. The van der Waals surface area contributed by atoms with E-state index in [1.54, 1.807) is 0 Å². The van der Waals surface area contributed by atoms with Crippen LogP contribution in [0.15, 0.2) is 36.7 Å². The smallest absolute Gasteiger partial charge is 0.161 e. The lowest BCUT2D eigenvalue weighted by molar-refractivity contribution is 0.0900. The largest absolute Gasteiger partial charge is 0.486 e. The molecule has 1 N–H and O–H groups in total. The minimum absolute atomic E-state index is 0.0370. The van der Waals surface area contributed by atoms with Gasteiger partial charge in [-0.3, -0.25) is 0 Å². The fourth-order valence-electron chi connectivity index (χ4n) is 2.30. The molecular weight excluding hydrogens is 254 g/mol. The Bertz CT molecular complexity index is 568. The molecule has 1 aliphatic heterocycles. The molecular formula is C15H19N3O2. The molecule has 0 saturated heterocycles. The molecule has 0 amide bonds. The van der Waals surface area contributed by atoms with Crippen molar-refractivity contribution < 1.29 is 9.47 Å². The number of imidazole rings is 1. The van der Waals surface area contributed by atoms with Gasteiger partial charge in [-0.15, -0.1) is 0 Å². The Morgan fingerprint density at radius 2 is 2.20 bits per heavy atom. The number of hydrogen-bond acceptors (Lipinski definition) is 4. The van der Waals surface area contributed by atoms with Crippen LogP contribution in [0.4, 0.5) is 0 Å². The number of rotatable bonds is 5. The molecule has 106 valence electrons. The van der Waals surface area contributed by atoms with E-state index in [1.165, 1.54) is 0 Å². The predicted octanol–water partition coefficient (Wildman–Crippen LogP) is 1.83. The van der Waals surface area contributed by atoms with Crippen molar-refractivity contribution in [2.24, 2.45) is 0 Å². The number of aryl methyl sites for hydroxylation is 1. The number of fused-ring (bicyclic) bond motifs is 1. The molecule has 1 aromatic heterocycles. The molecule has 5 heteroatoms. The van der Waals surface area contributed by atoms with Crippen molar-refractivity contribution in [1.82, 2.24) is 14.9 Å². The zero-order valence-corrected chi connectivity index (χ0v) is 11.6. The first kappa shape index (κ1) is 13.0. The number of para-hydroxylation sites is 2. The van der Waals surface area contributed by atoms with Gasteiger partial charge in [0.05, 0.1) is 6.54 Å². The summed E-state index contributed by atoms with van der Waals surface area (Å²) in [7, 11) is 0. The van der Waals surface area contributed by atoms with Gasteiger partial charge in [0.25, 0.3) is 0 Å². The molecule has 3 rings (SSSR count). The lowest BCUT2D eigenvalue weighted by atomic mass is 10.2. The summed E-state index contributed by atoms with van der Waals surface area (Å²) in [6.45, 7) is 5.10. The lowest BCUT2D eigenvalue weighted by Crippen LogP contribution is -2.38. The second kappa shape index (κ2) is 5.96. The van der Waals surface area contributed by atoms with Crippen LogP contribution in [-0.4, -0.2) is 28.8 Å². The molecule has 20 heavy (non-hydrogen) atoms. The molecule has 0 unspecified atom stereocenters. The normalized spacial score (nSPS) is 17.1. The van der Waals surface area contributed by atoms with Gasteiger partial charge < -0.3 is 19.4 Å². The van der Waals surface area contributed by atoms with Gasteiger partial charge in [-0.2, -0.15) is 0 Å². The van der Waals surface area contributed by atoms with Gasteiger partial charge in [0.2, 0.25) is 0 Å². The van der Waals surface area contributed by atoms with Crippen molar-refractivity contribution >= 4 is 0 Å². The second-order valence-corrected chi connectivity index (χ2v) is 4.76. The highest BCUT2D eigenvalue weighted by Crippen LogP contribution is 2.30. The molecule has 0 fully saturated rings. The maximum Gasteiger partial charge on any atom is 0.161 e. The highest BCUT2D eigenvalue weighted by Gasteiger charge is 2.20. The van der Waals surface area contributed by atoms with E-state index in [0.29, 0.717) is 6.61 Å². The second-order valence-electron chi connectivity index (χ2n) is 4.76. The zero-order chi connectivity index (χ0) is 13.8. The van der Waals surface area contributed by atoms with Crippen molar-refractivity contribution in [3.05, 3.63) is 42.5 Å². The minimum atomic E-state index is 0.0370. The summed E-state index contributed by atoms with van der Waals surface area (Å²) in [4.78, 5) is 4.33. The Hall–Kier alpha value is -2.01.